The van der Waals surface area contributed by atoms with Crippen LogP contribution in [-0.4, -0.2) is 30.1 Å². The Morgan fingerprint density at radius 2 is 2.06 bits per heavy atom. The third kappa shape index (κ3) is 4.24. The highest BCUT2D eigenvalue weighted by Crippen LogP contribution is 2.28. The van der Waals surface area contributed by atoms with Gasteiger partial charge in [-0.3, -0.25) is 9.69 Å². The van der Waals surface area contributed by atoms with Crippen LogP contribution in [0.25, 0.3) is 0 Å². The van der Waals surface area contributed by atoms with Crippen molar-refractivity contribution in [1.82, 2.24) is 4.90 Å². The van der Waals surface area contributed by atoms with Crippen LogP contribution in [0.15, 0.2) is 24.3 Å². The third-order valence-corrected chi connectivity index (χ3v) is 3.72. The summed E-state index contributed by atoms with van der Waals surface area (Å²) in [6.45, 7) is 3.55. The van der Waals surface area contributed by atoms with Crippen molar-refractivity contribution in [3.63, 3.8) is 0 Å². The first kappa shape index (κ1) is 13.8. The first-order valence-corrected chi connectivity index (χ1v) is 7.41. The molecule has 0 aromatic heterocycles. The van der Waals surface area contributed by atoms with Gasteiger partial charge in [0.15, 0.2) is 0 Å². The van der Waals surface area contributed by atoms with Gasteiger partial charge in [0.1, 0.15) is 0 Å². The number of rotatable bonds is 6. The van der Waals surface area contributed by atoms with Crippen LogP contribution in [0.3, 0.4) is 0 Å². The van der Waals surface area contributed by atoms with Gasteiger partial charge >= 0.3 is 5.97 Å². The van der Waals surface area contributed by atoms with Crippen molar-refractivity contribution in [2.75, 3.05) is 13.2 Å². The molecule has 1 fully saturated rings. The van der Waals surface area contributed by atoms with E-state index in [1.807, 2.05) is 6.92 Å². The number of hydrogen-bond donors (Lipinski definition) is 0. The molecule has 1 saturated carbocycles. The van der Waals surface area contributed by atoms with Crippen LogP contribution in [0.4, 0.5) is 0 Å². The second-order valence-corrected chi connectivity index (χ2v) is 5.81. The smallest absolute Gasteiger partial charge is 0.320 e. The van der Waals surface area contributed by atoms with E-state index in [2.05, 4.69) is 51.8 Å². The summed E-state index contributed by atoms with van der Waals surface area (Å²) in [6.07, 6.45) is 2.40. The van der Waals surface area contributed by atoms with Gasteiger partial charge in [-0.1, -0.05) is 12.1 Å². The van der Waals surface area contributed by atoms with Crippen molar-refractivity contribution >= 4 is 28.6 Å². The fraction of sp³-hybridized carbons (Fsp3) is 0.500. The predicted octanol–water partition coefficient (Wildman–Crippen LogP) is 2.82. The fourth-order valence-electron chi connectivity index (χ4n) is 1.95. The topological polar surface area (TPSA) is 29.5 Å². The molecular formula is C14H18INO2. The SMILES string of the molecule is CCOC(=O)CN(Cc1ccc(I)cc1)C1CC1. The lowest BCUT2D eigenvalue weighted by Gasteiger charge is -2.20. The molecule has 0 unspecified atom stereocenters. The highest BCUT2D eigenvalue weighted by molar-refractivity contribution is 14.1. The normalized spacial score (nSPS) is 14.8. The minimum atomic E-state index is -0.116. The molecule has 0 saturated heterocycles. The minimum absolute atomic E-state index is 0.116. The van der Waals surface area contributed by atoms with Crippen LogP contribution in [-0.2, 0) is 16.1 Å². The zero-order valence-electron chi connectivity index (χ0n) is 10.6. The Kier molecular flexibility index (Phi) is 5.00. The van der Waals surface area contributed by atoms with Crippen molar-refractivity contribution < 1.29 is 9.53 Å². The highest BCUT2D eigenvalue weighted by atomic mass is 127. The number of esters is 1. The third-order valence-electron chi connectivity index (χ3n) is 3.00. The van der Waals surface area contributed by atoms with E-state index in [-0.39, 0.29) is 5.97 Å². The van der Waals surface area contributed by atoms with E-state index in [0.717, 1.165) is 6.54 Å². The van der Waals surface area contributed by atoms with Crippen LogP contribution in [0.1, 0.15) is 25.3 Å². The number of hydrogen-bond acceptors (Lipinski definition) is 3. The molecule has 0 atom stereocenters. The molecule has 0 bridgehead atoms. The molecule has 1 aliphatic rings. The Balaban J connectivity index is 1.93. The highest BCUT2D eigenvalue weighted by Gasteiger charge is 2.30. The standard InChI is InChI=1S/C14H18INO2/c1-2-18-14(17)10-16(13-7-8-13)9-11-3-5-12(15)6-4-11/h3-6,13H,2,7-10H2,1H3. The van der Waals surface area contributed by atoms with E-state index < -0.39 is 0 Å². The van der Waals surface area contributed by atoms with Crippen molar-refractivity contribution in [1.29, 1.82) is 0 Å². The molecule has 2 rings (SSSR count). The summed E-state index contributed by atoms with van der Waals surface area (Å²) in [6, 6.07) is 9.02. The van der Waals surface area contributed by atoms with Crippen LogP contribution < -0.4 is 0 Å². The first-order valence-electron chi connectivity index (χ1n) is 6.33. The second kappa shape index (κ2) is 6.52. The van der Waals surface area contributed by atoms with E-state index in [9.17, 15) is 4.79 Å². The lowest BCUT2D eigenvalue weighted by atomic mass is 10.2. The average molecular weight is 359 g/mol. The molecular weight excluding hydrogens is 341 g/mol. The molecule has 0 N–H and O–H groups in total. The molecule has 3 nitrogen and oxygen atoms in total. The van der Waals surface area contributed by atoms with Gasteiger partial charge < -0.3 is 4.74 Å². The van der Waals surface area contributed by atoms with Crippen molar-refractivity contribution in [3.05, 3.63) is 33.4 Å². The first-order chi connectivity index (χ1) is 8.69. The molecule has 18 heavy (non-hydrogen) atoms. The quantitative estimate of drug-likeness (QED) is 0.578. The van der Waals surface area contributed by atoms with Gasteiger partial charge in [0.05, 0.1) is 13.2 Å². The fourth-order valence-corrected chi connectivity index (χ4v) is 2.31. The summed E-state index contributed by atoms with van der Waals surface area (Å²) in [7, 11) is 0. The van der Waals surface area contributed by atoms with Gasteiger partial charge in [0, 0.05) is 16.2 Å². The molecule has 0 aliphatic heterocycles. The summed E-state index contributed by atoms with van der Waals surface area (Å²) in [4.78, 5) is 13.8. The van der Waals surface area contributed by atoms with Crippen molar-refractivity contribution in [3.8, 4) is 0 Å². The van der Waals surface area contributed by atoms with Gasteiger partial charge in [0.2, 0.25) is 0 Å². The van der Waals surface area contributed by atoms with Crippen LogP contribution in [0.2, 0.25) is 0 Å². The molecule has 0 amide bonds. The number of carbonyl (C=O) groups excluding carboxylic acids is 1. The number of ether oxygens (including phenoxy) is 1. The van der Waals surface area contributed by atoms with Crippen LogP contribution in [0.5, 0.6) is 0 Å². The summed E-state index contributed by atoms with van der Waals surface area (Å²) >= 11 is 2.30. The lowest BCUT2D eigenvalue weighted by Crippen LogP contribution is -2.32. The molecule has 0 heterocycles. The Hall–Kier alpha value is -0.620. The van der Waals surface area contributed by atoms with Crippen LogP contribution >= 0.6 is 22.6 Å². The van der Waals surface area contributed by atoms with Gasteiger partial charge in [-0.05, 0) is 60.1 Å². The predicted molar refractivity (Wildman–Crippen MR) is 79.2 cm³/mol. The monoisotopic (exact) mass is 359 g/mol. The van der Waals surface area contributed by atoms with Gasteiger partial charge in [-0.2, -0.15) is 0 Å². The zero-order chi connectivity index (χ0) is 13.0. The number of carbonyl (C=O) groups is 1. The van der Waals surface area contributed by atoms with E-state index in [1.165, 1.54) is 22.0 Å². The Labute approximate surface area is 122 Å². The zero-order valence-corrected chi connectivity index (χ0v) is 12.7. The summed E-state index contributed by atoms with van der Waals surface area (Å²) in [5.41, 5.74) is 1.26. The average Bonchev–Trinajstić information content (AvgIpc) is 3.15. The van der Waals surface area contributed by atoms with Gasteiger partial charge in [-0.25, -0.2) is 0 Å². The molecule has 4 heteroatoms. The lowest BCUT2D eigenvalue weighted by molar-refractivity contribution is -0.144. The largest absolute Gasteiger partial charge is 0.465 e. The maximum atomic E-state index is 11.6. The minimum Gasteiger partial charge on any atom is -0.465 e. The Bertz CT molecular complexity index is 401. The van der Waals surface area contributed by atoms with E-state index in [1.54, 1.807) is 0 Å². The number of halogens is 1. The van der Waals surface area contributed by atoms with Gasteiger partial charge in [-0.15, -0.1) is 0 Å². The molecule has 1 aromatic rings. The Morgan fingerprint density at radius 1 is 1.39 bits per heavy atom. The summed E-state index contributed by atoms with van der Waals surface area (Å²) < 4.78 is 6.26. The van der Waals surface area contributed by atoms with Gasteiger partial charge in [0.25, 0.3) is 0 Å². The number of benzene rings is 1. The van der Waals surface area contributed by atoms with Crippen molar-refractivity contribution in [2.24, 2.45) is 0 Å². The van der Waals surface area contributed by atoms with E-state index in [4.69, 9.17) is 4.74 Å². The maximum absolute atomic E-state index is 11.6. The van der Waals surface area contributed by atoms with Crippen LogP contribution in [0, 0.1) is 3.57 Å². The summed E-state index contributed by atoms with van der Waals surface area (Å²) in [5.74, 6) is -0.116. The molecule has 1 aromatic carbocycles. The molecule has 1 aliphatic carbocycles. The summed E-state index contributed by atoms with van der Waals surface area (Å²) in [5, 5.41) is 0. The number of nitrogens with zero attached hydrogens (tertiary/aromatic N) is 1. The molecule has 0 radical (unpaired) electrons. The molecule has 98 valence electrons. The second-order valence-electron chi connectivity index (χ2n) is 4.57. The van der Waals surface area contributed by atoms with E-state index >= 15 is 0 Å². The molecule has 0 spiro atoms. The van der Waals surface area contributed by atoms with Crippen molar-refractivity contribution in [2.45, 2.75) is 32.4 Å². The maximum Gasteiger partial charge on any atom is 0.320 e. The Morgan fingerprint density at radius 3 is 2.61 bits per heavy atom. The van der Waals surface area contributed by atoms with E-state index in [0.29, 0.717) is 19.2 Å².